The molecule has 0 aromatic carbocycles. The molecule has 0 spiro atoms. The van der Waals surface area contributed by atoms with Gasteiger partial charge in [-0.15, -0.1) is 0 Å². The second-order valence-corrected chi connectivity index (χ2v) is 3.41. The average molecular weight is 203 g/mol. The molecule has 1 rings (SSSR count). The van der Waals surface area contributed by atoms with Gasteiger partial charge in [0, 0.05) is 6.20 Å². The molecule has 1 nitrogen and oxygen atoms in total. The molecule has 0 atom stereocenters. The highest BCUT2D eigenvalue weighted by Gasteiger charge is 2.02. The summed E-state index contributed by atoms with van der Waals surface area (Å²) in [5, 5.41) is 0. The quantitative estimate of drug-likeness (QED) is 0.652. The monoisotopic (exact) mass is 203 g/mol. The van der Waals surface area contributed by atoms with Crippen LogP contribution in [0.2, 0.25) is 0 Å². The molecule has 1 heterocycles. The van der Waals surface area contributed by atoms with Gasteiger partial charge in [0.2, 0.25) is 0 Å². The van der Waals surface area contributed by atoms with Crippen molar-refractivity contribution < 1.29 is 0 Å². The summed E-state index contributed by atoms with van der Waals surface area (Å²) >= 11 is 0. The van der Waals surface area contributed by atoms with E-state index >= 15 is 0 Å². The van der Waals surface area contributed by atoms with Crippen LogP contribution in [0.25, 0.3) is 5.57 Å². The number of nitrogens with zero attached hydrogens (tertiary/aromatic N) is 1. The Morgan fingerprint density at radius 2 is 1.67 bits per heavy atom. The largest absolute Gasteiger partial charge is 0.256 e. The number of allylic oxidation sites excluding steroid dienone is 2. The topological polar surface area (TPSA) is 12.9 Å². The molecule has 0 unspecified atom stereocenters. The minimum atomic E-state index is 0.920. The van der Waals surface area contributed by atoms with E-state index in [0.717, 1.165) is 16.8 Å². The van der Waals surface area contributed by atoms with E-state index in [0.29, 0.717) is 0 Å². The second-order valence-electron chi connectivity index (χ2n) is 3.41. The first kappa shape index (κ1) is 13.6. The average Bonchev–Trinajstić information content (AvgIpc) is 2.24. The van der Waals surface area contributed by atoms with Crippen molar-refractivity contribution in [2.24, 2.45) is 0 Å². The number of hydrogen-bond donors (Lipinski definition) is 0. The van der Waals surface area contributed by atoms with Gasteiger partial charge in [-0.3, -0.25) is 4.98 Å². The maximum atomic E-state index is 4.30. The summed E-state index contributed by atoms with van der Waals surface area (Å²) < 4.78 is 0. The predicted molar refractivity (Wildman–Crippen MR) is 68.9 cm³/mol. The van der Waals surface area contributed by atoms with Crippen molar-refractivity contribution in [3.8, 4) is 0 Å². The highest BCUT2D eigenvalue weighted by atomic mass is 14.7. The molecular formula is C14H21N. The summed E-state index contributed by atoms with van der Waals surface area (Å²) in [5.41, 5.74) is 5.26. The molecule has 0 bridgehead atoms. The minimum absolute atomic E-state index is 0.920. The zero-order valence-electron chi connectivity index (χ0n) is 10.5. The Hall–Kier alpha value is -1.37. The Morgan fingerprint density at radius 3 is 2.07 bits per heavy atom. The van der Waals surface area contributed by atoms with E-state index in [1.807, 2.05) is 33.0 Å². The first-order valence-corrected chi connectivity index (χ1v) is 5.30. The zero-order chi connectivity index (χ0) is 12.0. The van der Waals surface area contributed by atoms with E-state index in [1.165, 1.54) is 11.1 Å². The summed E-state index contributed by atoms with van der Waals surface area (Å²) in [4.78, 5) is 4.30. The normalized spacial score (nSPS) is 8.87. The zero-order valence-corrected chi connectivity index (χ0v) is 10.5. The first-order valence-electron chi connectivity index (χ1n) is 5.30. The van der Waals surface area contributed by atoms with Crippen LogP contribution in [0.4, 0.5) is 0 Å². The molecule has 82 valence electrons. The van der Waals surface area contributed by atoms with Gasteiger partial charge in [0.05, 0.1) is 5.69 Å². The molecule has 0 aliphatic heterocycles. The summed E-state index contributed by atoms with van der Waals surface area (Å²) in [6.07, 6.45) is 1.87. The number of aryl methyl sites for hydroxylation is 2. The third-order valence-corrected chi connectivity index (χ3v) is 2.20. The van der Waals surface area contributed by atoms with Crippen molar-refractivity contribution in [3.05, 3.63) is 47.8 Å². The van der Waals surface area contributed by atoms with Crippen LogP contribution in [-0.2, 0) is 0 Å². The lowest BCUT2D eigenvalue weighted by atomic mass is 10.0. The molecule has 0 saturated carbocycles. The molecule has 0 N–H and O–H groups in total. The van der Waals surface area contributed by atoms with E-state index in [-0.39, 0.29) is 0 Å². The van der Waals surface area contributed by atoms with Gasteiger partial charge in [-0.2, -0.15) is 0 Å². The molecule has 0 fully saturated rings. The van der Waals surface area contributed by atoms with Crippen LogP contribution < -0.4 is 0 Å². The highest BCUT2D eigenvalue weighted by Crippen LogP contribution is 2.18. The molecule has 0 radical (unpaired) electrons. The molecule has 1 heteroatoms. The van der Waals surface area contributed by atoms with Gasteiger partial charge in [-0.25, -0.2) is 0 Å². The van der Waals surface area contributed by atoms with Crippen LogP contribution in [0, 0.1) is 13.8 Å². The number of rotatable bonds is 2. The van der Waals surface area contributed by atoms with Gasteiger partial charge in [0.25, 0.3) is 0 Å². The Morgan fingerprint density at radius 1 is 1.13 bits per heavy atom. The lowest BCUT2D eigenvalue weighted by Gasteiger charge is -2.06. The molecule has 0 aliphatic rings. The predicted octanol–water partition coefficient (Wildman–Crippen LogP) is 4.31. The molecular weight excluding hydrogens is 182 g/mol. The Balaban J connectivity index is 0.000000921. The Kier molecular flexibility index (Phi) is 5.61. The summed E-state index contributed by atoms with van der Waals surface area (Å²) in [6.45, 7) is 17.8. The molecule has 1 aromatic heterocycles. The molecule has 0 aliphatic carbocycles. The SMILES string of the molecule is C=C(C)C(=C)c1cc(C)c(C)cn1.CC. The molecule has 0 amide bonds. The molecule has 15 heavy (non-hydrogen) atoms. The molecule has 0 saturated heterocycles. The van der Waals surface area contributed by atoms with Crippen molar-refractivity contribution >= 4 is 5.57 Å². The fourth-order valence-corrected chi connectivity index (χ4v) is 1.01. The molecule has 1 aromatic rings. The van der Waals surface area contributed by atoms with E-state index in [2.05, 4.69) is 32.0 Å². The van der Waals surface area contributed by atoms with E-state index < -0.39 is 0 Å². The second kappa shape index (κ2) is 6.18. The third kappa shape index (κ3) is 3.70. The lowest BCUT2D eigenvalue weighted by Crippen LogP contribution is -1.92. The van der Waals surface area contributed by atoms with Crippen LogP contribution in [0.15, 0.2) is 31.0 Å². The standard InChI is InChI=1S/C12H15N.C2H6/c1-8(2)11(5)12-6-9(3)10(4)7-13-12;1-2/h6-7H,1,5H2,2-4H3;1-2H3. The lowest BCUT2D eigenvalue weighted by molar-refractivity contribution is 1.18. The van der Waals surface area contributed by atoms with Crippen molar-refractivity contribution in [1.29, 1.82) is 0 Å². The number of hydrogen-bond acceptors (Lipinski definition) is 1. The van der Waals surface area contributed by atoms with Crippen LogP contribution in [0.3, 0.4) is 0 Å². The maximum Gasteiger partial charge on any atom is 0.0701 e. The smallest absolute Gasteiger partial charge is 0.0701 e. The van der Waals surface area contributed by atoms with Gasteiger partial charge in [-0.1, -0.05) is 27.0 Å². The van der Waals surface area contributed by atoms with Gasteiger partial charge in [0.1, 0.15) is 0 Å². The van der Waals surface area contributed by atoms with E-state index in [9.17, 15) is 0 Å². The van der Waals surface area contributed by atoms with Crippen molar-refractivity contribution in [2.45, 2.75) is 34.6 Å². The van der Waals surface area contributed by atoms with Gasteiger partial charge >= 0.3 is 0 Å². The third-order valence-electron chi connectivity index (χ3n) is 2.20. The van der Waals surface area contributed by atoms with Crippen LogP contribution >= 0.6 is 0 Å². The van der Waals surface area contributed by atoms with Crippen molar-refractivity contribution in [2.75, 3.05) is 0 Å². The van der Waals surface area contributed by atoms with Crippen molar-refractivity contribution in [3.63, 3.8) is 0 Å². The Bertz CT molecular complexity index is 362. The summed E-state index contributed by atoms with van der Waals surface area (Å²) in [6, 6.07) is 2.05. The summed E-state index contributed by atoms with van der Waals surface area (Å²) in [5.74, 6) is 0. The highest BCUT2D eigenvalue weighted by molar-refractivity contribution is 5.73. The van der Waals surface area contributed by atoms with Crippen LogP contribution in [0.5, 0.6) is 0 Å². The number of pyridine rings is 1. The number of aromatic nitrogens is 1. The first-order chi connectivity index (χ1) is 7.02. The Labute approximate surface area is 93.6 Å². The van der Waals surface area contributed by atoms with E-state index in [1.54, 1.807) is 0 Å². The maximum absolute atomic E-state index is 4.30. The van der Waals surface area contributed by atoms with Crippen LogP contribution in [-0.4, -0.2) is 4.98 Å². The fraction of sp³-hybridized carbons (Fsp3) is 0.357. The van der Waals surface area contributed by atoms with Crippen LogP contribution in [0.1, 0.15) is 37.6 Å². The van der Waals surface area contributed by atoms with Gasteiger partial charge in [0.15, 0.2) is 0 Å². The van der Waals surface area contributed by atoms with Gasteiger partial charge < -0.3 is 0 Å². The van der Waals surface area contributed by atoms with E-state index in [4.69, 9.17) is 0 Å². The summed E-state index contributed by atoms with van der Waals surface area (Å²) in [7, 11) is 0. The van der Waals surface area contributed by atoms with Gasteiger partial charge in [-0.05, 0) is 49.1 Å². The fourth-order valence-electron chi connectivity index (χ4n) is 1.01. The minimum Gasteiger partial charge on any atom is -0.256 e. The van der Waals surface area contributed by atoms with Crippen molar-refractivity contribution in [1.82, 2.24) is 4.98 Å².